The number of aromatic nitrogens is 3. The van der Waals surface area contributed by atoms with Gasteiger partial charge in [-0.25, -0.2) is 4.98 Å². The van der Waals surface area contributed by atoms with Crippen molar-refractivity contribution in [1.82, 2.24) is 15.2 Å². The zero-order chi connectivity index (χ0) is 15.6. The Labute approximate surface area is 129 Å². The second kappa shape index (κ2) is 6.43. The number of H-pyrrole nitrogens is 1. The number of aromatic amines is 1. The van der Waals surface area contributed by atoms with E-state index in [0.717, 1.165) is 39.8 Å². The van der Waals surface area contributed by atoms with E-state index in [-0.39, 0.29) is 5.78 Å². The van der Waals surface area contributed by atoms with Crippen LogP contribution in [0.3, 0.4) is 0 Å². The minimum Gasteiger partial charge on any atom is -0.294 e. The van der Waals surface area contributed by atoms with Gasteiger partial charge in [0.05, 0.1) is 0 Å². The molecule has 5 heteroatoms. The first-order chi connectivity index (χ1) is 9.93. The standard InChI is InChI=1S/C16H21N3OS/c1-6-14-17-16(19-18-14)21-8-13-9(2)7-10(3)15(11(13)4)12(5)20/h7H,6,8H2,1-5H3,(H,17,18,19). The van der Waals surface area contributed by atoms with E-state index in [9.17, 15) is 4.79 Å². The highest BCUT2D eigenvalue weighted by molar-refractivity contribution is 7.98. The van der Waals surface area contributed by atoms with Crippen molar-refractivity contribution in [2.75, 3.05) is 0 Å². The Morgan fingerprint density at radius 3 is 2.57 bits per heavy atom. The van der Waals surface area contributed by atoms with Crippen molar-refractivity contribution in [3.63, 3.8) is 0 Å². The van der Waals surface area contributed by atoms with Gasteiger partial charge < -0.3 is 0 Å². The maximum absolute atomic E-state index is 11.8. The Balaban J connectivity index is 2.27. The number of carbonyl (C=O) groups is 1. The van der Waals surface area contributed by atoms with Crippen LogP contribution in [0.5, 0.6) is 0 Å². The lowest BCUT2D eigenvalue weighted by Crippen LogP contribution is -2.05. The number of ketones is 1. The minimum atomic E-state index is 0.127. The third-order valence-corrected chi connectivity index (χ3v) is 4.55. The van der Waals surface area contributed by atoms with Crippen LogP contribution in [-0.2, 0) is 12.2 Å². The first-order valence-electron chi connectivity index (χ1n) is 7.08. The third kappa shape index (κ3) is 3.35. The SMILES string of the molecule is CCc1nc(SCc2c(C)cc(C)c(C(C)=O)c2C)n[nH]1. The molecule has 1 aromatic heterocycles. The third-order valence-electron chi connectivity index (χ3n) is 3.67. The molecular formula is C16H21N3OS. The smallest absolute Gasteiger partial charge is 0.208 e. The average Bonchev–Trinajstić information content (AvgIpc) is 2.85. The van der Waals surface area contributed by atoms with E-state index in [0.29, 0.717) is 0 Å². The molecule has 2 aromatic rings. The minimum absolute atomic E-state index is 0.127. The molecule has 21 heavy (non-hydrogen) atoms. The fourth-order valence-electron chi connectivity index (χ4n) is 2.63. The number of nitrogens with one attached hydrogen (secondary N) is 1. The summed E-state index contributed by atoms with van der Waals surface area (Å²) in [5.74, 6) is 1.81. The summed E-state index contributed by atoms with van der Waals surface area (Å²) < 4.78 is 0. The molecule has 1 heterocycles. The van der Waals surface area contributed by atoms with Gasteiger partial charge in [0.25, 0.3) is 0 Å². The van der Waals surface area contributed by atoms with E-state index in [1.807, 2.05) is 20.8 Å². The summed E-state index contributed by atoms with van der Waals surface area (Å²) in [7, 11) is 0. The van der Waals surface area contributed by atoms with Crippen LogP contribution < -0.4 is 0 Å². The van der Waals surface area contributed by atoms with Gasteiger partial charge in [0.1, 0.15) is 5.82 Å². The van der Waals surface area contributed by atoms with Gasteiger partial charge in [-0.15, -0.1) is 5.10 Å². The first-order valence-corrected chi connectivity index (χ1v) is 8.07. The maximum Gasteiger partial charge on any atom is 0.208 e. The van der Waals surface area contributed by atoms with Gasteiger partial charge in [0.2, 0.25) is 5.16 Å². The summed E-state index contributed by atoms with van der Waals surface area (Å²) in [6.45, 7) is 9.79. The van der Waals surface area contributed by atoms with Crippen molar-refractivity contribution in [2.24, 2.45) is 0 Å². The molecular weight excluding hydrogens is 282 g/mol. The number of nitrogens with zero attached hydrogens (tertiary/aromatic N) is 2. The van der Waals surface area contributed by atoms with Crippen molar-refractivity contribution in [3.05, 3.63) is 39.7 Å². The van der Waals surface area contributed by atoms with Crippen LogP contribution in [0.4, 0.5) is 0 Å². The molecule has 0 radical (unpaired) electrons. The second-order valence-electron chi connectivity index (χ2n) is 5.25. The van der Waals surface area contributed by atoms with Crippen molar-refractivity contribution >= 4 is 17.5 Å². The highest BCUT2D eigenvalue weighted by atomic mass is 32.2. The molecule has 4 nitrogen and oxygen atoms in total. The number of thioether (sulfide) groups is 1. The molecule has 112 valence electrons. The number of hydrogen-bond donors (Lipinski definition) is 1. The number of benzene rings is 1. The quantitative estimate of drug-likeness (QED) is 0.674. The number of rotatable bonds is 5. The molecule has 2 rings (SSSR count). The molecule has 1 aromatic carbocycles. The molecule has 0 saturated carbocycles. The highest BCUT2D eigenvalue weighted by Crippen LogP contribution is 2.28. The number of aryl methyl sites for hydroxylation is 3. The van der Waals surface area contributed by atoms with Crippen LogP contribution >= 0.6 is 11.8 Å². The van der Waals surface area contributed by atoms with Gasteiger partial charge >= 0.3 is 0 Å². The summed E-state index contributed by atoms with van der Waals surface area (Å²) in [4.78, 5) is 16.2. The van der Waals surface area contributed by atoms with E-state index in [4.69, 9.17) is 0 Å². The number of carbonyl (C=O) groups excluding carboxylic acids is 1. The normalized spacial score (nSPS) is 10.9. The molecule has 0 atom stereocenters. The van der Waals surface area contributed by atoms with Crippen molar-refractivity contribution in [2.45, 2.75) is 51.9 Å². The monoisotopic (exact) mass is 303 g/mol. The van der Waals surface area contributed by atoms with Crippen LogP contribution in [-0.4, -0.2) is 21.0 Å². The molecule has 0 aliphatic rings. The van der Waals surface area contributed by atoms with E-state index >= 15 is 0 Å². The summed E-state index contributed by atoms with van der Waals surface area (Å²) in [6.07, 6.45) is 0.852. The zero-order valence-corrected chi connectivity index (χ0v) is 14.0. The Morgan fingerprint density at radius 1 is 1.29 bits per heavy atom. The molecule has 0 aliphatic carbocycles. The fourth-order valence-corrected chi connectivity index (χ4v) is 3.63. The lowest BCUT2D eigenvalue weighted by atomic mass is 9.92. The zero-order valence-electron chi connectivity index (χ0n) is 13.2. The van der Waals surface area contributed by atoms with Crippen LogP contribution in [0.1, 0.15) is 52.3 Å². The van der Waals surface area contributed by atoms with Gasteiger partial charge in [-0.2, -0.15) is 0 Å². The first kappa shape index (κ1) is 15.8. The van der Waals surface area contributed by atoms with Crippen LogP contribution in [0, 0.1) is 20.8 Å². The maximum atomic E-state index is 11.8. The molecule has 0 spiro atoms. The van der Waals surface area contributed by atoms with Crippen molar-refractivity contribution in [1.29, 1.82) is 0 Å². The lowest BCUT2D eigenvalue weighted by Gasteiger charge is -2.15. The van der Waals surface area contributed by atoms with Gasteiger partial charge in [-0.05, 0) is 49.9 Å². The van der Waals surface area contributed by atoms with Gasteiger partial charge in [0.15, 0.2) is 5.78 Å². The Kier molecular flexibility index (Phi) is 4.83. The molecule has 1 N–H and O–H groups in total. The van der Waals surface area contributed by atoms with Crippen LogP contribution in [0.2, 0.25) is 0 Å². The predicted molar refractivity (Wildman–Crippen MR) is 86.0 cm³/mol. The largest absolute Gasteiger partial charge is 0.294 e. The van der Waals surface area contributed by atoms with Crippen LogP contribution in [0.25, 0.3) is 0 Å². The second-order valence-corrected chi connectivity index (χ2v) is 6.19. The van der Waals surface area contributed by atoms with Crippen molar-refractivity contribution < 1.29 is 4.79 Å². The molecule has 0 bridgehead atoms. The average molecular weight is 303 g/mol. The summed E-state index contributed by atoms with van der Waals surface area (Å²) >= 11 is 1.60. The molecule has 0 fully saturated rings. The van der Waals surface area contributed by atoms with Crippen LogP contribution in [0.15, 0.2) is 11.2 Å². The lowest BCUT2D eigenvalue weighted by molar-refractivity contribution is 0.101. The fraction of sp³-hybridized carbons (Fsp3) is 0.438. The Hall–Kier alpha value is -1.62. The molecule has 0 saturated heterocycles. The van der Waals surface area contributed by atoms with E-state index in [2.05, 4.69) is 28.2 Å². The molecule has 0 unspecified atom stereocenters. The topological polar surface area (TPSA) is 58.6 Å². The summed E-state index contributed by atoms with van der Waals surface area (Å²) in [5.41, 5.74) is 5.41. The van der Waals surface area contributed by atoms with E-state index in [1.54, 1.807) is 18.7 Å². The Morgan fingerprint density at radius 2 is 2.00 bits per heavy atom. The highest BCUT2D eigenvalue weighted by Gasteiger charge is 2.15. The predicted octanol–water partition coefficient (Wildman–Crippen LogP) is 3.79. The van der Waals surface area contributed by atoms with E-state index < -0.39 is 0 Å². The Bertz CT molecular complexity index is 676. The molecule has 0 aliphatic heterocycles. The van der Waals surface area contributed by atoms with Gasteiger partial charge in [-0.1, -0.05) is 24.8 Å². The summed E-state index contributed by atoms with van der Waals surface area (Å²) in [6, 6.07) is 2.09. The summed E-state index contributed by atoms with van der Waals surface area (Å²) in [5, 5.41) is 7.88. The van der Waals surface area contributed by atoms with E-state index in [1.165, 1.54) is 11.1 Å². The number of Topliss-reactive ketones (excluding diaryl/α,β-unsaturated/α-hetero) is 1. The van der Waals surface area contributed by atoms with Crippen molar-refractivity contribution in [3.8, 4) is 0 Å². The molecule has 0 amide bonds. The van der Waals surface area contributed by atoms with Gasteiger partial charge in [0, 0.05) is 17.7 Å². The number of hydrogen-bond acceptors (Lipinski definition) is 4. The van der Waals surface area contributed by atoms with Gasteiger partial charge in [-0.3, -0.25) is 9.89 Å².